The van der Waals surface area contributed by atoms with Gasteiger partial charge in [0.1, 0.15) is 22.7 Å². The molecule has 6 aromatic rings. The second kappa shape index (κ2) is 28.8. The molecule has 9 heterocycles. The van der Waals surface area contributed by atoms with Crippen LogP contribution in [0, 0.1) is 5.92 Å². The number of likely N-dealkylation sites (tertiary alicyclic amines) is 3. The van der Waals surface area contributed by atoms with E-state index in [1.807, 2.05) is 90.1 Å². The number of fused-ring (bicyclic) bond motifs is 6. The molecule has 3 amide bonds. The van der Waals surface area contributed by atoms with Gasteiger partial charge in [-0.15, -0.1) is 0 Å². The van der Waals surface area contributed by atoms with Crippen LogP contribution >= 0.6 is 0 Å². The van der Waals surface area contributed by atoms with Crippen LogP contribution in [0.2, 0.25) is 0 Å². The number of aromatic nitrogens is 3. The van der Waals surface area contributed by atoms with Gasteiger partial charge < -0.3 is 62.1 Å². The number of amides is 3. The predicted molar refractivity (Wildman–Crippen MR) is 376 cm³/mol. The molecule has 6 aliphatic heterocycles. The highest BCUT2D eigenvalue weighted by Gasteiger charge is 2.54. The SMILES string of the molecule is COc1cc(C(=O)N2CCC3(CC2)NC(C)(C)Cn2c(C(F)(F)F)ccc23)ccc1OC(C)(C)C.COc1cc(C(=O)N2CCC3(CC2)NCC(C)(C)n2c(C(F)(F)F)ccc23)ccc1OC(C)C.COc1cc(C(=O)N2CCC3(c4ccc(C(F)(F)F)n4CCN3C)C(C)C2)ccc1OC(C)C.[HH].[HH]. The van der Waals surface area contributed by atoms with Crippen molar-refractivity contribution in [2.24, 2.45) is 5.92 Å². The maximum atomic E-state index is 13.7. The number of carbonyl (C=O) groups is 3. The normalized spacial score (nSPS) is 20.7. The molecule has 3 aromatic carbocycles. The van der Waals surface area contributed by atoms with Crippen LogP contribution in [0.4, 0.5) is 39.5 Å². The van der Waals surface area contributed by atoms with Crippen LogP contribution in [0.1, 0.15) is 183 Å². The predicted octanol–water partition coefficient (Wildman–Crippen LogP) is 15.1. The van der Waals surface area contributed by atoms with Gasteiger partial charge in [-0.25, -0.2) is 0 Å². The molecule has 0 radical (unpaired) electrons. The number of carbonyl (C=O) groups excluding carboxylic acids is 3. The number of halogens is 9. The average molecular weight is 1460 g/mol. The summed E-state index contributed by atoms with van der Waals surface area (Å²) >= 11 is 0. The molecule has 0 saturated carbocycles. The Balaban J connectivity index is 0.000000197. The van der Waals surface area contributed by atoms with Crippen molar-refractivity contribution in [2.75, 3.05) is 80.7 Å². The van der Waals surface area contributed by atoms with Gasteiger partial charge in [0.25, 0.3) is 17.7 Å². The van der Waals surface area contributed by atoms with Crippen LogP contribution in [-0.2, 0) is 53.8 Å². The highest BCUT2D eigenvalue weighted by Crippen LogP contribution is 2.50. The Kier molecular flexibility index (Phi) is 21.7. The van der Waals surface area contributed by atoms with E-state index >= 15 is 0 Å². The fraction of sp³-hybridized carbons (Fsp3) is 0.566. The number of ether oxygens (including phenoxy) is 6. The third kappa shape index (κ3) is 15.8. The van der Waals surface area contributed by atoms with E-state index in [9.17, 15) is 53.9 Å². The second-order valence-corrected chi connectivity index (χ2v) is 30.7. The molecule has 2 atom stereocenters. The third-order valence-electron chi connectivity index (χ3n) is 20.6. The molecule has 103 heavy (non-hydrogen) atoms. The Morgan fingerprint density at radius 3 is 1.38 bits per heavy atom. The van der Waals surface area contributed by atoms with Crippen LogP contribution in [0.15, 0.2) is 91.0 Å². The van der Waals surface area contributed by atoms with Crippen molar-refractivity contribution in [3.05, 3.63) is 142 Å². The van der Waals surface area contributed by atoms with Crippen LogP contribution < -0.4 is 39.1 Å². The Labute approximate surface area is 600 Å². The number of nitrogens with zero attached hydrogens (tertiary/aromatic N) is 7. The Bertz CT molecular complexity index is 4070. The molecule has 12 rings (SSSR count). The van der Waals surface area contributed by atoms with Crippen molar-refractivity contribution in [1.82, 2.24) is 43.9 Å². The summed E-state index contributed by atoms with van der Waals surface area (Å²) in [6.07, 6.45) is -10.6. The molecule has 3 saturated heterocycles. The molecule has 0 bridgehead atoms. The van der Waals surface area contributed by atoms with Crippen molar-refractivity contribution in [1.29, 1.82) is 0 Å². The largest absolute Gasteiger partial charge is 0.493 e. The number of methoxy groups -OCH3 is 3. The number of benzene rings is 3. The lowest BCUT2D eigenvalue weighted by molar-refractivity contribution is -0.146. The van der Waals surface area contributed by atoms with Gasteiger partial charge in [0.05, 0.1) is 55.7 Å². The first kappa shape index (κ1) is 77.6. The van der Waals surface area contributed by atoms with Gasteiger partial charge in [0.2, 0.25) is 0 Å². The number of nitrogens with one attached hydrogen (secondary N) is 2. The molecular formula is C76H102F9N9O9. The highest BCUT2D eigenvalue weighted by molar-refractivity contribution is 5.96. The van der Waals surface area contributed by atoms with Crippen molar-refractivity contribution in [2.45, 2.75) is 192 Å². The van der Waals surface area contributed by atoms with E-state index in [4.69, 9.17) is 28.4 Å². The van der Waals surface area contributed by atoms with Gasteiger partial charge in [0.15, 0.2) is 34.5 Å². The monoisotopic (exact) mass is 1460 g/mol. The minimum absolute atomic E-state index is 0. The van der Waals surface area contributed by atoms with Crippen LogP contribution in [-0.4, -0.2) is 155 Å². The fourth-order valence-corrected chi connectivity index (χ4v) is 16.0. The van der Waals surface area contributed by atoms with Crippen molar-refractivity contribution in [3.63, 3.8) is 0 Å². The smallest absolute Gasteiger partial charge is 0.431 e. The van der Waals surface area contributed by atoms with Crippen molar-refractivity contribution in [3.8, 4) is 34.5 Å². The Morgan fingerprint density at radius 2 is 0.922 bits per heavy atom. The van der Waals surface area contributed by atoms with Crippen molar-refractivity contribution >= 4 is 17.7 Å². The Hall–Kier alpha value is -8.04. The van der Waals surface area contributed by atoms with Gasteiger partial charge >= 0.3 is 18.5 Å². The maximum Gasteiger partial charge on any atom is 0.431 e. The molecule has 3 fully saturated rings. The first-order valence-corrected chi connectivity index (χ1v) is 35.0. The number of piperidine rings is 3. The average Bonchev–Trinajstić information content (AvgIpc) is 1.66. The number of hydrogen-bond acceptors (Lipinski definition) is 12. The molecule has 3 aromatic heterocycles. The summed E-state index contributed by atoms with van der Waals surface area (Å²) in [6.45, 7) is 27.0. The lowest BCUT2D eigenvalue weighted by Crippen LogP contribution is -2.63. The first-order valence-electron chi connectivity index (χ1n) is 35.0. The van der Waals surface area contributed by atoms with Gasteiger partial charge in [-0.3, -0.25) is 24.6 Å². The summed E-state index contributed by atoms with van der Waals surface area (Å²) in [5.41, 5.74) is -1.82. The first-order chi connectivity index (χ1) is 48.0. The second-order valence-electron chi connectivity index (χ2n) is 30.7. The van der Waals surface area contributed by atoms with Crippen LogP contribution in [0.3, 0.4) is 0 Å². The minimum atomic E-state index is -4.42. The van der Waals surface area contributed by atoms with E-state index in [0.29, 0.717) is 159 Å². The molecule has 2 N–H and O–H groups in total. The van der Waals surface area contributed by atoms with E-state index < -0.39 is 68.9 Å². The Morgan fingerprint density at radius 1 is 0.505 bits per heavy atom. The van der Waals surface area contributed by atoms with E-state index in [0.717, 1.165) is 0 Å². The molecule has 6 aliphatic rings. The summed E-state index contributed by atoms with van der Waals surface area (Å²) < 4.78 is 161. The van der Waals surface area contributed by atoms with E-state index in [-0.39, 0.29) is 45.2 Å². The van der Waals surface area contributed by atoms with Crippen LogP contribution in [0.5, 0.6) is 34.5 Å². The maximum absolute atomic E-state index is 13.7. The number of hydrogen-bond donors (Lipinski definition) is 2. The fourth-order valence-electron chi connectivity index (χ4n) is 16.0. The molecule has 27 heteroatoms. The molecule has 2 unspecified atom stereocenters. The zero-order valence-corrected chi connectivity index (χ0v) is 61.7. The molecule has 568 valence electrons. The van der Waals surface area contributed by atoms with Crippen molar-refractivity contribution < 1.29 is 85.2 Å². The van der Waals surface area contributed by atoms with E-state index in [1.165, 1.54) is 53.2 Å². The topological polar surface area (TPSA) is 158 Å². The minimum Gasteiger partial charge on any atom is -0.493 e. The van der Waals surface area contributed by atoms with Gasteiger partial charge in [0, 0.05) is 108 Å². The number of likely N-dealkylation sites (N-methyl/N-ethyl adjacent to an activating group) is 1. The molecule has 0 aliphatic carbocycles. The zero-order valence-electron chi connectivity index (χ0n) is 61.7. The zero-order chi connectivity index (χ0) is 75.5. The molecule has 18 nitrogen and oxygen atoms in total. The summed E-state index contributed by atoms with van der Waals surface area (Å²) in [5.74, 6) is 2.71. The lowest BCUT2D eigenvalue weighted by atomic mass is 9.74. The van der Waals surface area contributed by atoms with Gasteiger partial charge in [-0.1, -0.05) is 6.92 Å². The van der Waals surface area contributed by atoms with E-state index in [2.05, 4.69) is 15.5 Å². The summed E-state index contributed by atoms with van der Waals surface area (Å²) in [6, 6.07) is 23.7. The van der Waals surface area contributed by atoms with Gasteiger partial charge in [-0.2, -0.15) is 39.5 Å². The van der Waals surface area contributed by atoms with Crippen LogP contribution in [0.25, 0.3) is 0 Å². The summed E-state index contributed by atoms with van der Waals surface area (Å²) in [4.78, 5) is 47.3. The number of rotatable bonds is 11. The third-order valence-corrected chi connectivity index (χ3v) is 20.6. The lowest BCUT2D eigenvalue weighted by Gasteiger charge is -2.54. The summed E-state index contributed by atoms with van der Waals surface area (Å²) in [5, 5.41) is 7.14. The number of alkyl halides is 9. The molecular weight excluding hydrogens is 1350 g/mol. The highest BCUT2D eigenvalue weighted by atomic mass is 19.4. The quantitative estimate of drug-likeness (QED) is 0.118. The summed E-state index contributed by atoms with van der Waals surface area (Å²) in [7, 11) is 6.56. The van der Waals surface area contributed by atoms with Gasteiger partial charge in [-0.05, 0) is 212 Å². The molecule has 3 spiro atoms. The standard InChI is InChI=1S/C26H34F3N3O3.2C25H32F3N3O3.2H2/c1-23(2,3)35-18-8-7-17(15-19(18)34-6)22(33)31-13-11-25(12-14-31)20-9-10-21(26(27,28)29)32(20)16-24(4,5)30-25;1-16(2)34-18-7-6-17(14-19(18)33-5)22(32)30-12-10-24(11-13-30)20-8-9-21(25(26,27)28)31(20)23(3,4)15-29-24;1-16(2)34-19-7-6-18(14-20(19)33-5)23(32)30-11-10-24(17(3)15-30)21-8-9-22(25(26,27)28)31(21)13-12-29(24)4;;/h7-10,15,30H,11-14,16H2,1-6H3;6-9,14,16,29H,10-13,15H2,1-5H3;6-9,14,16-17H,10-13,15H2,1-5H3;2*1H. The van der Waals surface area contributed by atoms with E-state index in [1.54, 1.807) is 87.5 Å².